The quantitative estimate of drug-likeness (QED) is 0.0478. The fourth-order valence-corrected chi connectivity index (χ4v) is 4.60. The van der Waals surface area contributed by atoms with E-state index in [9.17, 15) is 14.7 Å². The lowest BCUT2D eigenvalue weighted by molar-refractivity contribution is -0.161. The van der Waals surface area contributed by atoms with E-state index >= 15 is 0 Å². The van der Waals surface area contributed by atoms with Crippen LogP contribution in [0.5, 0.6) is 0 Å². The van der Waals surface area contributed by atoms with E-state index < -0.39 is 6.10 Å². The molecule has 0 spiro atoms. The van der Waals surface area contributed by atoms with Gasteiger partial charge < -0.3 is 14.6 Å². The minimum absolute atomic E-state index is 0.0871. The van der Waals surface area contributed by atoms with Crippen LogP contribution in [0.15, 0.2) is 60.8 Å². The Balaban J connectivity index is 3.67. The van der Waals surface area contributed by atoms with E-state index in [1.807, 2.05) is 0 Å². The number of unbranched alkanes of at least 4 members (excludes halogenated alkanes) is 13. The van der Waals surface area contributed by atoms with Crippen LogP contribution in [0.25, 0.3) is 0 Å². The van der Waals surface area contributed by atoms with Gasteiger partial charge in [0.2, 0.25) is 0 Å². The highest BCUT2D eigenvalue weighted by Gasteiger charge is 2.16. The van der Waals surface area contributed by atoms with Gasteiger partial charge in [0.1, 0.15) is 6.61 Å². The predicted molar refractivity (Wildman–Crippen MR) is 187 cm³/mol. The fraction of sp³-hybridized carbons (Fsp3) is 0.692. The third-order valence-electron chi connectivity index (χ3n) is 7.30. The summed E-state index contributed by atoms with van der Waals surface area (Å²) in [5, 5.41) is 9.52. The van der Waals surface area contributed by atoms with Crippen molar-refractivity contribution in [2.24, 2.45) is 0 Å². The molecule has 0 amide bonds. The molecule has 0 aliphatic carbocycles. The van der Waals surface area contributed by atoms with Crippen molar-refractivity contribution in [3.8, 4) is 0 Å². The number of rotatable bonds is 31. The monoisotopic (exact) mass is 614 g/mol. The molecular weight excluding hydrogens is 548 g/mol. The van der Waals surface area contributed by atoms with Gasteiger partial charge >= 0.3 is 11.9 Å². The molecule has 0 rings (SSSR count). The van der Waals surface area contributed by atoms with Crippen molar-refractivity contribution in [2.45, 2.75) is 161 Å². The Kier molecular flexibility index (Phi) is 33.2. The van der Waals surface area contributed by atoms with Crippen LogP contribution < -0.4 is 0 Å². The Morgan fingerprint density at radius 1 is 0.545 bits per heavy atom. The van der Waals surface area contributed by atoms with Crippen LogP contribution >= 0.6 is 0 Å². The summed E-state index contributed by atoms with van der Waals surface area (Å²) in [7, 11) is 0. The molecule has 0 aliphatic rings. The number of hydrogen-bond acceptors (Lipinski definition) is 5. The van der Waals surface area contributed by atoms with E-state index in [0.717, 1.165) is 64.2 Å². The molecule has 5 nitrogen and oxygen atoms in total. The molecule has 0 saturated carbocycles. The minimum Gasteiger partial charge on any atom is -0.462 e. The zero-order valence-corrected chi connectivity index (χ0v) is 28.4. The van der Waals surface area contributed by atoms with Crippen LogP contribution in [0.1, 0.15) is 155 Å². The standard InChI is InChI=1S/C39H66O5/c1-3-5-7-9-11-13-15-17-19-21-23-25-27-29-31-33-38(41)43-36-37(35-40)44-39(42)34-32-30-28-26-24-22-20-18-16-14-12-10-8-6-4-2/h6,8,12-15,18,20,24,26,37,40H,3-5,7,9-11,16-17,19,21-23,25,27-36H2,1-2H3/b8-6-,14-12-,15-13-,20-18-,26-24-/t37-/m0/s1. The third-order valence-corrected chi connectivity index (χ3v) is 7.30. The van der Waals surface area contributed by atoms with Crippen LogP contribution in [-0.4, -0.2) is 36.4 Å². The number of carbonyl (C=O) groups excluding carboxylic acids is 2. The first-order valence-corrected chi connectivity index (χ1v) is 17.8. The topological polar surface area (TPSA) is 72.8 Å². The van der Waals surface area contributed by atoms with Gasteiger partial charge in [-0.15, -0.1) is 0 Å². The average Bonchev–Trinajstić information content (AvgIpc) is 3.02. The van der Waals surface area contributed by atoms with Crippen molar-refractivity contribution in [2.75, 3.05) is 13.2 Å². The molecule has 0 unspecified atom stereocenters. The van der Waals surface area contributed by atoms with Gasteiger partial charge in [-0.2, -0.15) is 0 Å². The fourth-order valence-electron chi connectivity index (χ4n) is 4.60. The highest BCUT2D eigenvalue weighted by atomic mass is 16.6. The predicted octanol–water partition coefficient (Wildman–Crippen LogP) is 10.8. The number of aliphatic hydroxyl groups is 1. The molecular formula is C39H66O5. The summed E-state index contributed by atoms with van der Waals surface area (Å²) in [4.78, 5) is 24.2. The van der Waals surface area contributed by atoms with Gasteiger partial charge in [0.15, 0.2) is 6.10 Å². The Morgan fingerprint density at radius 3 is 1.55 bits per heavy atom. The summed E-state index contributed by atoms with van der Waals surface area (Å²) in [5.74, 6) is -0.650. The first-order chi connectivity index (χ1) is 21.6. The van der Waals surface area contributed by atoms with Gasteiger partial charge in [0.25, 0.3) is 0 Å². The number of carbonyl (C=O) groups is 2. The minimum atomic E-state index is -0.795. The van der Waals surface area contributed by atoms with Crippen molar-refractivity contribution < 1.29 is 24.2 Å². The number of ether oxygens (including phenoxy) is 2. The lowest BCUT2D eigenvalue weighted by Gasteiger charge is -2.15. The normalized spacial score (nSPS) is 12.9. The van der Waals surface area contributed by atoms with E-state index in [4.69, 9.17) is 9.47 Å². The molecule has 0 radical (unpaired) electrons. The van der Waals surface area contributed by atoms with Gasteiger partial charge in [0, 0.05) is 12.8 Å². The number of esters is 2. The Hall–Kier alpha value is -2.40. The molecule has 252 valence electrons. The molecule has 44 heavy (non-hydrogen) atoms. The molecule has 0 aliphatic heterocycles. The zero-order valence-electron chi connectivity index (χ0n) is 28.4. The molecule has 0 aromatic heterocycles. The van der Waals surface area contributed by atoms with Crippen molar-refractivity contribution >= 4 is 11.9 Å². The maximum Gasteiger partial charge on any atom is 0.306 e. The second-order valence-corrected chi connectivity index (χ2v) is 11.6. The summed E-state index contributed by atoms with van der Waals surface area (Å²) < 4.78 is 10.5. The van der Waals surface area contributed by atoms with Crippen LogP contribution in [0.2, 0.25) is 0 Å². The van der Waals surface area contributed by atoms with E-state index in [0.29, 0.717) is 12.8 Å². The third kappa shape index (κ3) is 32.5. The van der Waals surface area contributed by atoms with Crippen LogP contribution in [0.4, 0.5) is 0 Å². The molecule has 0 aromatic rings. The van der Waals surface area contributed by atoms with Gasteiger partial charge in [0.05, 0.1) is 6.61 Å². The Labute approximate surface area is 271 Å². The number of aliphatic hydroxyl groups excluding tert-OH is 1. The van der Waals surface area contributed by atoms with Crippen molar-refractivity contribution in [3.05, 3.63) is 60.8 Å². The van der Waals surface area contributed by atoms with E-state index in [2.05, 4.69) is 74.6 Å². The summed E-state index contributed by atoms with van der Waals surface area (Å²) in [6, 6.07) is 0. The first kappa shape index (κ1) is 41.6. The van der Waals surface area contributed by atoms with Crippen LogP contribution in [0, 0.1) is 0 Å². The summed E-state index contributed by atoms with van der Waals surface area (Å²) in [6.45, 7) is 3.95. The van der Waals surface area contributed by atoms with E-state index in [-0.39, 0.29) is 25.2 Å². The van der Waals surface area contributed by atoms with Crippen LogP contribution in [0.3, 0.4) is 0 Å². The molecule has 0 fully saturated rings. The highest BCUT2D eigenvalue weighted by Crippen LogP contribution is 2.12. The van der Waals surface area contributed by atoms with Gasteiger partial charge in [-0.3, -0.25) is 9.59 Å². The Bertz CT molecular complexity index is 792. The molecule has 0 saturated heterocycles. The average molecular weight is 615 g/mol. The molecule has 1 N–H and O–H groups in total. The van der Waals surface area contributed by atoms with Crippen molar-refractivity contribution in [1.82, 2.24) is 0 Å². The SMILES string of the molecule is CC/C=C\C/C=C\C/C=C\C/C=C\CCCCC(=O)O[C@@H](CO)COC(=O)CCCCCCCCC/C=C\CCCCCC. The molecule has 0 heterocycles. The maximum atomic E-state index is 12.1. The maximum absolute atomic E-state index is 12.1. The lowest BCUT2D eigenvalue weighted by Crippen LogP contribution is -2.28. The second kappa shape index (κ2) is 35.1. The Morgan fingerprint density at radius 2 is 0.977 bits per heavy atom. The first-order valence-electron chi connectivity index (χ1n) is 17.8. The molecule has 0 bridgehead atoms. The largest absolute Gasteiger partial charge is 0.462 e. The van der Waals surface area contributed by atoms with E-state index in [1.54, 1.807) is 0 Å². The van der Waals surface area contributed by atoms with E-state index in [1.165, 1.54) is 64.2 Å². The zero-order chi connectivity index (χ0) is 32.2. The summed E-state index contributed by atoms with van der Waals surface area (Å²) in [6.07, 6.45) is 44.2. The summed E-state index contributed by atoms with van der Waals surface area (Å²) >= 11 is 0. The van der Waals surface area contributed by atoms with Gasteiger partial charge in [-0.05, 0) is 77.0 Å². The molecule has 1 atom stereocenters. The van der Waals surface area contributed by atoms with Gasteiger partial charge in [-0.25, -0.2) is 0 Å². The smallest absolute Gasteiger partial charge is 0.306 e. The lowest BCUT2D eigenvalue weighted by atomic mass is 10.1. The summed E-state index contributed by atoms with van der Waals surface area (Å²) in [5.41, 5.74) is 0. The van der Waals surface area contributed by atoms with Crippen molar-refractivity contribution in [1.29, 1.82) is 0 Å². The van der Waals surface area contributed by atoms with Gasteiger partial charge in [-0.1, -0.05) is 126 Å². The molecule has 5 heteroatoms. The second-order valence-electron chi connectivity index (χ2n) is 11.6. The highest BCUT2D eigenvalue weighted by molar-refractivity contribution is 5.70. The number of hydrogen-bond donors (Lipinski definition) is 1. The van der Waals surface area contributed by atoms with Crippen LogP contribution in [-0.2, 0) is 19.1 Å². The number of allylic oxidation sites excluding steroid dienone is 10. The van der Waals surface area contributed by atoms with Crippen molar-refractivity contribution in [3.63, 3.8) is 0 Å². The molecule has 0 aromatic carbocycles.